The van der Waals surface area contributed by atoms with E-state index in [1.165, 1.54) is 12.1 Å². The maximum Gasteiger partial charge on any atom is 0.270 e. The van der Waals surface area contributed by atoms with Crippen LogP contribution in [0.1, 0.15) is 15.9 Å². The number of aromatic nitrogens is 1. The number of pyridine rings is 1. The van der Waals surface area contributed by atoms with E-state index >= 15 is 0 Å². The fraction of sp³-hybridized carbons (Fsp3) is 0.154. The molecule has 0 unspecified atom stereocenters. The van der Waals surface area contributed by atoms with Crippen molar-refractivity contribution in [2.45, 2.75) is 6.42 Å². The molecule has 0 aliphatic carbocycles. The van der Waals surface area contributed by atoms with Gasteiger partial charge >= 0.3 is 0 Å². The Hall–Kier alpha value is -4.46. The first kappa shape index (κ1) is 22.7. The van der Waals surface area contributed by atoms with Gasteiger partial charge in [0.15, 0.2) is 11.5 Å². The van der Waals surface area contributed by atoms with Gasteiger partial charge in [0, 0.05) is 29.6 Å². The van der Waals surface area contributed by atoms with Crippen LogP contribution in [0.5, 0.6) is 11.5 Å². The molecule has 8 nitrogen and oxygen atoms in total. The number of nitro benzene ring substituents is 1. The minimum Gasteiger partial charge on any atom is -0.493 e. The van der Waals surface area contributed by atoms with Gasteiger partial charge in [0.25, 0.3) is 11.6 Å². The molecular formula is C26H23N3O5. The summed E-state index contributed by atoms with van der Waals surface area (Å²) in [5, 5.41) is 14.7. The molecule has 0 aliphatic heterocycles. The Bertz CT molecular complexity index is 1360. The van der Waals surface area contributed by atoms with Gasteiger partial charge in [-0.1, -0.05) is 36.4 Å². The zero-order chi connectivity index (χ0) is 24.1. The summed E-state index contributed by atoms with van der Waals surface area (Å²) >= 11 is 0. The SMILES string of the molecule is COc1ccc(CCNC(=O)c2cc(-c3ccccc3)nc3ccc([N+](=O)[O-])cc23)cc1OC. The molecule has 0 fully saturated rings. The van der Waals surface area contributed by atoms with Crippen LogP contribution in [0.15, 0.2) is 72.8 Å². The molecule has 4 aromatic rings. The van der Waals surface area contributed by atoms with E-state index in [1.807, 2.05) is 48.5 Å². The van der Waals surface area contributed by atoms with Crippen molar-refractivity contribution < 1.29 is 19.2 Å². The summed E-state index contributed by atoms with van der Waals surface area (Å²) in [6, 6.07) is 21.1. The zero-order valence-electron chi connectivity index (χ0n) is 18.8. The summed E-state index contributed by atoms with van der Waals surface area (Å²) in [5.41, 5.74) is 3.19. The minimum absolute atomic E-state index is 0.0962. The molecular weight excluding hydrogens is 434 g/mol. The van der Waals surface area contributed by atoms with E-state index in [0.29, 0.717) is 46.6 Å². The Morgan fingerprint density at radius 1 is 0.971 bits per heavy atom. The molecule has 172 valence electrons. The number of rotatable bonds is 8. The second-order valence-corrected chi connectivity index (χ2v) is 7.57. The number of fused-ring (bicyclic) bond motifs is 1. The lowest BCUT2D eigenvalue weighted by atomic mass is 10.0. The fourth-order valence-electron chi connectivity index (χ4n) is 3.72. The van der Waals surface area contributed by atoms with Gasteiger partial charge in [-0.25, -0.2) is 4.98 Å². The van der Waals surface area contributed by atoms with Crippen molar-refractivity contribution in [1.82, 2.24) is 10.3 Å². The van der Waals surface area contributed by atoms with Crippen molar-refractivity contribution in [3.05, 3.63) is 94.0 Å². The molecule has 4 rings (SSSR count). The number of nitro groups is 1. The number of benzene rings is 3. The molecule has 0 bridgehead atoms. The van der Waals surface area contributed by atoms with E-state index in [-0.39, 0.29) is 11.6 Å². The van der Waals surface area contributed by atoms with E-state index in [4.69, 9.17) is 9.47 Å². The number of non-ortho nitro benzene ring substituents is 1. The highest BCUT2D eigenvalue weighted by Gasteiger charge is 2.17. The van der Waals surface area contributed by atoms with E-state index < -0.39 is 4.92 Å². The molecule has 0 saturated carbocycles. The van der Waals surface area contributed by atoms with Gasteiger partial charge in [-0.3, -0.25) is 14.9 Å². The fourth-order valence-corrected chi connectivity index (χ4v) is 3.72. The largest absolute Gasteiger partial charge is 0.493 e. The molecule has 1 aromatic heterocycles. The van der Waals surface area contributed by atoms with E-state index in [9.17, 15) is 14.9 Å². The van der Waals surface area contributed by atoms with Crippen LogP contribution in [0.3, 0.4) is 0 Å². The number of nitrogens with one attached hydrogen (secondary N) is 1. The van der Waals surface area contributed by atoms with E-state index in [0.717, 1.165) is 11.1 Å². The Morgan fingerprint density at radius 2 is 1.74 bits per heavy atom. The van der Waals surface area contributed by atoms with Crippen LogP contribution in [0.4, 0.5) is 5.69 Å². The predicted molar refractivity (Wildman–Crippen MR) is 129 cm³/mol. The number of amides is 1. The Balaban J connectivity index is 1.62. The molecule has 0 saturated heterocycles. The van der Waals surface area contributed by atoms with Gasteiger partial charge in [-0.2, -0.15) is 0 Å². The maximum absolute atomic E-state index is 13.2. The first-order chi connectivity index (χ1) is 16.5. The summed E-state index contributed by atoms with van der Waals surface area (Å²) < 4.78 is 10.6. The molecule has 0 spiro atoms. The molecule has 1 heterocycles. The van der Waals surface area contributed by atoms with Crippen molar-refractivity contribution in [3.63, 3.8) is 0 Å². The summed E-state index contributed by atoms with van der Waals surface area (Å²) in [6.07, 6.45) is 0.570. The second kappa shape index (κ2) is 9.99. The standard InChI is InChI=1S/C26H23N3O5/c1-33-24-11-8-17(14-25(24)34-2)12-13-27-26(30)21-16-23(18-6-4-3-5-7-18)28-22-10-9-19(29(31)32)15-20(21)22/h3-11,14-16H,12-13H2,1-2H3,(H,27,30). The topological polar surface area (TPSA) is 104 Å². The van der Waals surface area contributed by atoms with Gasteiger partial charge in [0.1, 0.15) is 0 Å². The van der Waals surface area contributed by atoms with E-state index in [2.05, 4.69) is 10.3 Å². The lowest BCUT2D eigenvalue weighted by Gasteiger charge is -2.12. The van der Waals surface area contributed by atoms with Crippen LogP contribution in [0.25, 0.3) is 22.2 Å². The number of methoxy groups -OCH3 is 2. The van der Waals surface area contributed by atoms with Gasteiger partial charge in [0.2, 0.25) is 0 Å². The van der Waals surface area contributed by atoms with E-state index in [1.54, 1.807) is 26.4 Å². The van der Waals surface area contributed by atoms with Gasteiger partial charge in [-0.05, 0) is 36.2 Å². The molecule has 0 radical (unpaired) electrons. The molecule has 1 amide bonds. The first-order valence-electron chi connectivity index (χ1n) is 10.6. The maximum atomic E-state index is 13.2. The highest BCUT2D eigenvalue weighted by atomic mass is 16.6. The first-order valence-corrected chi connectivity index (χ1v) is 10.6. The summed E-state index contributed by atoms with van der Waals surface area (Å²) in [5.74, 6) is 0.922. The van der Waals surface area contributed by atoms with Crippen molar-refractivity contribution in [1.29, 1.82) is 0 Å². The number of hydrogen-bond acceptors (Lipinski definition) is 6. The van der Waals surface area contributed by atoms with Crippen LogP contribution in [0.2, 0.25) is 0 Å². The molecule has 0 aliphatic rings. The number of ether oxygens (including phenoxy) is 2. The minimum atomic E-state index is -0.483. The van der Waals surface area contributed by atoms with Gasteiger partial charge in [0.05, 0.1) is 35.9 Å². The third-order valence-corrected chi connectivity index (χ3v) is 5.46. The number of nitrogens with zero attached hydrogens (tertiary/aromatic N) is 2. The second-order valence-electron chi connectivity index (χ2n) is 7.57. The Morgan fingerprint density at radius 3 is 2.44 bits per heavy atom. The Kier molecular flexibility index (Phi) is 6.68. The molecule has 8 heteroatoms. The van der Waals surface area contributed by atoms with Crippen LogP contribution < -0.4 is 14.8 Å². The van der Waals surface area contributed by atoms with Crippen LogP contribution in [0, 0.1) is 10.1 Å². The molecule has 1 N–H and O–H groups in total. The van der Waals surface area contributed by atoms with Crippen molar-refractivity contribution in [2.24, 2.45) is 0 Å². The smallest absolute Gasteiger partial charge is 0.270 e. The predicted octanol–water partition coefficient (Wildman–Crippen LogP) is 4.80. The normalized spacial score (nSPS) is 10.6. The quantitative estimate of drug-likeness (QED) is 0.301. The highest BCUT2D eigenvalue weighted by molar-refractivity contribution is 6.07. The highest BCUT2D eigenvalue weighted by Crippen LogP contribution is 2.29. The van der Waals surface area contributed by atoms with Crippen molar-refractivity contribution in [2.75, 3.05) is 20.8 Å². The molecule has 34 heavy (non-hydrogen) atoms. The molecule has 0 atom stereocenters. The summed E-state index contributed by atoms with van der Waals surface area (Å²) in [4.78, 5) is 28.6. The third-order valence-electron chi connectivity index (χ3n) is 5.46. The zero-order valence-corrected chi connectivity index (χ0v) is 18.8. The van der Waals surface area contributed by atoms with Crippen LogP contribution in [-0.4, -0.2) is 36.6 Å². The van der Waals surface area contributed by atoms with Gasteiger partial charge in [-0.15, -0.1) is 0 Å². The monoisotopic (exact) mass is 457 g/mol. The van der Waals surface area contributed by atoms with Crippen LogP contribution >= 0.6 is 0 Å². The van der Waals surface area contributed by atoms with Crippen molar-refractivity contribution in [3.8, 4) is 22.8 Å². The third kappa shape index (κ3) is 4.80. The Labute approximate surface area is 196 Å². The summed E-state index contributed by atoms with van der Waals surface area (Å²) in [7, 11) is 3.15. The average Bonchev–Trinajstić information content (AvgIpc) is 2.87. The van der Waals surface area contributed by atoms with Crippen molar-refractivity contribution >= 4 is 22.5 Å². The lowest BCUT2D eigenvalue weighted by Crippen LogP contribution is -2.26. The van der Waals surface area contributed by atoms with Gasteiger partial charge < -0.3 is 14.8 Å². The average molecular weight is 457 g/mol. The molecule has 3 aromatic carbocycles. The van der Waals surface area contributed by atoms with Crippen LogP contribution in [-0.2, 0) is 6.42 Å². The number of hydrogen-bond donors (Lipinski definition) is 1. The number of carbonyl (C=O) groups excluding carboxylic acids is 1. The number of carbonyl (C=O) groups is 1. The lowest BCUT2D eigenvalue weighted by molar-refractivity contribution is -0.384. The summed E-state index contributed by atoms with van der Waals surface area (Å²) in [6.45, 7) is 0.369.